The summed E-state index contributed by atoms with van der Waals surface area (Å²) in [6, 6.07) is 0. The monoisotopic (exact) mass is 243 g/mol. The minimum absolute atomic E-state index is 0.271. The van der Waals surface area contributed by atoms with Crippen molar-refractivity contribution in [3.63, 3.8) is 0 Å². The molecule has 14 heavy (non-hydrogen) atoms. The fourth-order valence-corrected chi connectivity index (χ4v) is 2.32. The number of thioether (sulfide) groups is 1. The molecule has 0 amide bonds. The van der Waals surface area contributed by atoms with E-state index in [-0.39, 0.29) is 5.82 Å². The third-order valence-electron chi connectivity index (χ3n) is 1.33. The molecular weight excluding hydrogens is 235 g/mol. The Hall–Kier alpha value is -0.630. The number of hydrogen-bond acceptors (Lipinski definition) is 5. The molecule has 80 valence electrons. The molecule has 0 atom stereocenters. The first-order chi connectivity index (χ1) is 6.44. The molecule has 3 N–H and O–H groups in total. The Labute approximate surface area is 87.0 Å². The van der Waals surface area contributed by atoms with Gasteiger partial charge in [0.15, 0.2) is 5.82 Å². The van der Waals surface area contributed by atoms with Crippen LogP contribution in [0.2, 0.25) is 0 Å². The van der Waals surface area contributed by atoms with Crippen molar-refractivity contribution in [2.75, 3.05) is 23.9 Å². The molecule has 0 aliphatic rings. The molecule has 0 fully saturated rings. The molecule has 3 nitrogen and oxygen atoms in total. The van der Waals surface area contributed by atoms with E-state index < -0.39 is 12.7 Å². The molecule has 0 bridgehead atoms. The lowest BCUT2D eigenvalue weighted by atomic mass is 10.5. The Bertz CT molecular complexity index is 310. The van der Waals surface area contributed by atoms with E-state index in [4.69, 9.17) is 5.73 Å². The van der Waals surface area contributed by atoms with Gasteiger partial charge in [-0.05, 0) is 17.8 Å². The summed E-state index contributed by atoms with van der Waals surface area (Å²) in [5, 5.41) is 2.62. The maximum absolute atomic E-state index is 11.9. The lowest BCUT2D eigenvalue weighted by Gasteiger charge is -2.08. The molecule has 0 spiro atoms. The number of nitrogens with two attached hydrogens (primary N) is 1. The Morgan fingerprint density at radius 1 is 1.57 bits per heavy atom. The van der Waals surface area contributed by atoms with Crippen LogP contribution in [-0.2, 0) is 0 Å². The molecule has 0 aliphatic heterocycles. The first-order valence-corrected chi connectivity index (χ1v) is 5.53. The number of halogens is 3. The average Bonchev–Trinajstić information content (AvgIpc) is 2.41. The molecule has 0 saturated carbocycles. The van der Waals surface area contributed by atoms with Crippen molar-refractivity contribution in [2.24, 2.45) is 0 Å². The predicted molar refractivity (Wildman–Crippen MR) is 52.9 cm³/mol. The van der Waals surface area contributed by atoms with Gasteiger partial charge in [0.25, 0.3) is 0 Å². The van der Waals surface area contributed by atoms with Crippen LogP contribution in [0.1, 0.15) is 0 Å². The number of nitrogens with zero attached hydrogens (tertiary/aromatic N) is 1. The maximum Gasteiger partial charge on any atom is 0.405 e. The van der Waals surface area contributed by atoms with Crippen molar-refractivity contribution >= 4 is 34.1 Å². The van der Waals surface area contributed by atoms with Gasteiger partial charge in [0.1, 0.15) is 11.5 Å². The van der Waals surface area contributed by atoms with Crippen LogP contribution >= 0.6 is 23.3 Å². The third-order valence-corrected chi connectivity index (χ3v) is 3.10. The van der Waals surface area contributed by atoms with Gasteiger partial charge < -0.3 is 11.1 Å². The van der Waals surface area contributed by atoms with E-state index in [1.54, 1.807) is 6.26 Å². The summed E-state index contributed by atoms with van der Waals surface area (Å²) >= 11 is 2.21. The van der Waals surface area contributed by atoms with Gasteiger partial charge in [0, 0.05) is 0 Å². The quantitative estimate of drug-likeness (QED) is 0.800. The zero-order chi connectivity index (χ0) is 10.8. The zero-order valence-corrected chi connectivity index (χ0v) is 8.82. The molecule has 0 saturated heterocycles. The third kappa shape index (κ3) is 2.95. The predicted octanol–water partition coefficient (Wildman–Crippen LogP) is 2.42. The van der Waals surface area contributed by atoms with E-state index in [1.165, 1.54) is 11.8 Å². The highest BCUT2D eigenvalue weighted by molar-refractivity contribution is 7.99. The van der Waals surface area contributed by atoms with Crippen LogP contribution in [0.3, 0.4) is 0 Å². The molecule has 0 aromatic carbocycles. The van der Waals surface area contributed by atoms with E-state index in [9.17, 15) is 13.2 Å². The number of nitrogens with one attached hydrogen (secondary N) is 1. The first-order valence-electron chi connectivity index (χ1n) is 3.54. The van der Waals surface area contributed by atoms with E-state index in [0.29, 0.717) is 9.90 Å². The standard InChI is InChI=1S/C6H8F3N3S2/c1-13-3-4(10)12-14-5(3)11-2-6(7,8)9/h11H,2H2,1H3,(H2,10,12). The number of anilines is 2. The summed E-state index contributed by atoms with van der Waals surface area (Å²) in [5.41, 5.74) is 5.45. The van der Waals surface area contributed by atoms with Crippen LogP contribution in [0.25, 0.3) is 0 Å². The molecule has 1 aromatic rings. The Morgan fingerprint density at radius 2 is 2.21 bits per heavy atom. The second-order valence-electron chi connectivity index (χ2n) is 2.40. The van der Waals surface area contributed by atoms with Crippen LogP contribution in [0.4, 0.5) is 24.0 Å². The van der Waals surface area contributed by atoms with Gasteiger partial charge in [-0.3, -0.25) is 0 Å². The molecule has 1 heterocycles. The van der Waals surface area contributed by atoms with E-state index in [0.717, 1.165) is 11.5 Å². The number of nitrogen functional groups attached to an aromatic ring is 1. The van der Waals surface area contributed by atoms with Crippen LogP contribution in [-0.4, -0.2) is 23.4 Å². The molecule has 8 heteroatoms. The van der Waals surface area contributed by atoms with E-state index >= 15 is 0 Å². The summed E-state index contributed by atoms with van der Waals surface area (Å²) in [5.74, 6) is 0.271. The van der Waals surface area contributed by atoms with Crippen LogP contribution < -0.4 is 11.1 Å². The van der Waals surface area contributed by atoms with Gasteiger partial charge >= 0.3 is 6.18 Å². The van der Waals surface area contributed by atoms with E-state index in [2.05, 4.69) is 9.69 Å². The molecule has 0 aliphatic carbocycles. The molecule has 1 aromatic heterocycles. The summed E-state index contributed by atoms with van der Waals surface area (Å²) in [4.78, 5) is 0.569. The fourth-order valence-electron chi connectivity index (χ4n) is 0.784. The van der Waals surface area contributed by atoms with Gasteiger partial charge in [0.2, 0.25) is 0 Å². The van der Waals surface area contributed by atoms with Gasteiger partial charge in [0.05, 0.1) is 4.90 Å². The van der Waals surface area contributed by atoms with Gasteiger partial charge in [-0.2, -0.15) is 17.5 Å². The topological polar surface area (TPSA) is 50.9 Å². The van der Waals surface area contributed by atoms with Crippen molar-refractivity contribution in [3.8, 4) is 0 Å². The Morgan fingerprint density at radius 3 is 2.71 bits per heavy atom. The number of aromatic nitrogens is 1. The second kappa shape index (κ2) is 4.26. The molecule has 0 unspecified atom stereocenters. The second-order valence-corrected chi connectivity index (χ2v) is 3.99. The van der Waals surface area contributed by atoms with E-state index in [1.807, 2.05) is 0 Å². The summed E-state index contributed by atoms with van der Waals surface area (Å²) in [6.07, 6.45) is -2.49. The average molecular weight is 243 g/mol. The summed E-state index contributed by atoms with van der Waals surface area (Å²) in [6.45, 7) is -1.07. The lowest BCUT2D eigenvalue weighted by Crippen LogP contribution is -2.21. The van der Waals surface area contributed by atoms with Crippen molar-refractivity contribution in [3.05, 3.63) is 0 Å². The van der Waals surface area contributed by atoms with Crippen molar-refractivity contribution in [1.82, 2.24) is 4.37 Å². The summed E-state index contributed by atoms with van der Waals surface area (Å²) in [7, 11) is 0. The lowest BCUT2D eigenvalue weighted by molar-refractivity contribution is -0.115. The smallest absolute Gasteiger partial charge is 0.382 e. The van der Waals surface area contributed by atoms with Crippen LogP contribution in [0, 0.1) is 0 Å². The van der Waals surface area contributed by atoms with Crippen molar-refractivity contribution in [2.45, 2.75) is 11.1 Å². The molecular formula is C6H8F3N3S2. The maximum atomic E-state index is 11.9. The van der Waals surface area contributed by atoms with Crippen molar-refractivity contribution in [1.29, 1.82) is 0 Å². The number of alkyl halides is 3. The SMILES string of the molecule is CSc1c(N)nsc1NCC(F)(F)F. The van der Waals surface area contributed by atoms with Crippen LogP contribution in [0.5, 0.6) is 0 Å². The minimum atomic E-state index is -4.23. The highest BCUT2D eigenvalue weighted by Crippen LogP contribution is 2.35. The fraction of sp³-hybridized carbons (Fsp3) is 0.500. The highest BCUT2D eigenvalue weighted by atomic mass is 32.2. The summed E-state index contributed by atoms with van der Waals surface area (Å²) < 4.78 is 39.4. The largest absolute Gasteiger partial charge is 0.405 e. The molecule has 1 rings (SSSR count). The van der Waals surface area contributed by atoms with Gasteiger partial charge in [-0.1, -0.05) is 0 Å². The normalized spacial score (nSPS) is 11.7. The highest BCUT2D eigenvalue weighted by Gasteiger charge is 2.27. The van der Waals surface area contributed by atoms with Gasteiger partial charge in [-0.25, -0.2) is 0 Å². The number of hydrogen-bond donors (Lipinski definition) is 2. The van der Waals surface area contributed by atoms with Crippen molar-refractivity contribution < 1.29 is 13.2 Å². The zero-order valence-electron chi connectivity index (χ0n) is 7.18. The van der Waals surface area contributed by atoms with Crippen LogP contribution in [0.15, 0.2) is 4.90 Å². The molecule has 0 radical (unpaired) electrons. The number of rotatable bonds is 3. The Balaban J connectivity index is 2.67. The Kier molecular flexibility index (Phi) is 3.48. The minimum Gasteiger partial charge on any atom is -0.382 e. The first kappa shape index (κ1) is 11.4. The van der Waals surface area contributed by atoms with Gasteiger partial charge in [-0.15, -0.1) is 11.8 Å².